The molecule has 0 aliphatic heterocycles. The van der Waals surface area contributed by atoms with Crippen LogP contribution in [0.2, 0.25) is 0 Å². The smallest absolute Gasteiger partial charge is 0.243 e. The summed E-state index contributed by atoms with van der Waals surface area (Å²) < 4.78 is 0. The first kappa shape index (κ1) is 19.2. The number of carbonyl (C=O) groups excluding carboxylic acids is 2. The molecule has 136 valence electrons. The molecule has 0 saturated heterocycles. The molecule has 25 heavy (non-hydrogen) atoms. The number of nitrogens with zero attached hydrogens (tertiary/aromatic N) is 1. The Balaban J connectivity index is 1.97. The second-order valence-corrected chi connectivity index (χ2v) is 7.82. The van der Waals surface area contributed by atoms with E-state index in [-0.39, 0.29) is 35.6 Å². The third-order valence-electron chi connectivity index (χ3n) is 5.12. The Morgan fingerprint density at radius 2 is 1.88 bits per heavy atom. The highest BCUT2D eigenvalue weighted by atomic mass is 16.2. The molecule has 1 aliphatic rings. The Morgan fingerprint density at radius 3 is 2.48 bits per heavy atom. The minimum atomic E-state index is -0.158. The van der Waals surface area contributed by atoms with Crippen LogP contribution in [0, 0.1) is 17.3 Å². The number of rotatable bonds is 6. The third-order valence-corrected chi connectivity index (χ3v) is 5.12. The molecule has 2 rings (SSSR count). The van der Waals surface area contributed by atoms with Crippen LogP contribution in [-0.4, -0.2) is 30.3 Å². The number of allylic oxidation sites excluding steroid dienone is 2. The van der Waals surface area contributed by atoms with Crippen molar-refractivity contribution in [2.75, 3.05) is 18.9 Å². The van der Waals surface area contributed by atoms with Gasteiger partial charge in [-0.15, -0.1) is 0 Å². The fraction of sp³-hybridized carbons (Fsp3) is 0.524. The first-order valence-electron chi connectivity index (χ1n) is 8.96. The first-order chi connectivity index (χ1) is 11.7. The summed E-state index contributed by atoms with van der Waals surface area (Å²) in [5, 5.41) is 2.93. The summed E-state index contributed by atoms with van der Waals surface area (Å²) in [6, 6.07) is 7.76. The van der Waals surface area contributed by atoms with Crippen LogP contribution < -0.4 is 5.32 Å². The average molecular weight is 342 g/mol. The predicted octanol–water partition coefficient (Wildman–Crippen LogP) is 3.88. The molecule has 1 fully saturated rings. The van der Waals surface area contributed by atoms with Crippen molar-refractivity contribution >= 4 is 17.5 Å². The molecule has 0 aromatic heterocycles. The highest BCUT2D eigenvalue weighted by molar-refractivity contribution is 5.96. The van der Waals surface area contributed by atoms with Crippen LogP contribution in [0.4, 0.5) is 5.69 Å². The summed E-state index contributed by atoms with van der Waals surface area (Å²) in [4.78, 5) is 26.6. The van der Waals surface area contributed by atoms with E-state index in [0.717, 1.165) is 17.7 Å². The molecule has 0 heterocycles. The van der Waals surface area contributed by atoms with Gasteiger partial charge in [0.05, 0.1) is 12.5 Å². The van der Waals surface area contributed by atoms with E-state index in [1.54, 1.807) is 11.9 Å². The summed E-state index contributed by atoms with van der Waals surface area (Å²) in [6.45, 7) is 10.5. The maximum atomic E-state index is 12.7. The van der Waals surface area contributed by atoms with Crippen molar-refractivity contribution in [3.63, 3.8) is 0 Å². The van der Waals surface area contributed by atoms with E-state index < -0.39 is 0 Å². The van der Waals surface area contributed by atoms with Crippen LogP contribution in [0.3, 0.4) is 0 Å². The summed E-state index contributed by atoms with van der Waals surface area (Å²) in [7, 11) is 1.71. The molecule has 0 bridgehead atoms. The normalized spacial score (nSPS) is 20.6. The van der Waals surface area contributed by atoms with E-state index in [1.807, 2.05) is 24.3 Å². The van der Waals surface area contributed by atoms with Crippen LogP contribution in [0.25, 0.3) is 0 Å². The topological polar surface area (TPSA) is 49.4 Å². The van der Waals surface area contributed by atoms with Gasteiger partial charge in [-0.1, -0.05) is 50.6 Å². The Hall–Kier alpha value is -2.10. The van der Waals surface area contributed by atoms with Gasteiger partial charge < -0.3 is 10.2 Å². The molecule has 1 N–H and O–H groups in total. The standard InChI is InChI=1S/C21H30N2O2/c1-7-15-10-8-9-11-17(15)22-18(24)13-23(6)20(25)19-16(12-14(2)3)21(19,4)5/h8-12,16,19H,7,13H2,1-6H3,(H,22,24). The van der Waals surface area contributed by atoms with Gasteiger partial charge in [-0.05, 0) is 43.2 Å². The Morgan fingerprint density at radius 1 is 1.24 bits per heavy atom. The number of para-hydroxylation sites is 1. The van der Waals surface area contributed by atoms with Crippen LogP contribution in [0.5, 0.6) is 0 Å². The van der Waals surface area contributed by atoms with Gasteiger partial charge in [-0.3, -0.25) is 9.59 Å². The van der Waals surface area contributed by atoms with Gasteiger partial charge in [-0.2, -0.15) is 0 Å². The molecule has 4 nitrogen and oxygen atoms in total. The van der Waals surface area contributed by atoms with Gasteiger partial charge in [0.1, 0.15) is 0 Å². The second kappa shape index (κ2) is 7.42. The predicted molar refractivity (Wildman–Crippen MR) is 102 cm³/mol. The number of hydrogen-bond donors (Lipinski definition) is 1. The number of nitrogens with one attached hydrogen (secondary N) is 1. The zero-order valence-electron chi connectivity index (χ0n) is 16.2. The second-order valence-electron chi connectivity index (χ2n) is 7.82. The zero-order valence-corrected chi connectivity index (χ0v) is 16.2. The fourth-order valence-corrected chi connectivity index (χ4v) is 3.49. The number of hydrogen-bond acceptors (Lipinski definition) is 2. The van der Waals surface area contributed by atoms with Crippen molar-refractivity contribution in [3.05, 3.63) is 41.5 Å². The first-order valence-corrected chi connectivity index (χ1v) is 8.96. The fourth-order valence-electron chi connectivity index (χ4n) is 3.49. The minimum Gasteiger partial charge on any atom is -0.336 e. The lowest BCUT2D eigenvalue weighted by atomic mass is 10.1. The maximum Gasteiger partial charge on any atom is 0.243 e. The van der Waals surface area contributed by atoms with Gasteiger partial charge in [0, 0.05) is 12.7 Å². The maximum absolute atomic E-state index is 12.7. The number of benzene rings is 1. The van der Waals surface area contributed by atoms with E-state index in [0.29, 0.717) is 0 Å². The molecule has 0 spiro atoms. The van der Waals surface area contributed by atoms with E-state index in [4.69, 9.17) is 0 Å². The van der Waals surface area contributed by atoms with Gasteiger partial charge in [-0.25, -0.2) is 0 Å². The average Bonchev–Trinajstić information content (AvgIpc) is 3.06. The molecule has 2 atom stereocenters. The monoisotopic (exact) mass is 342 g/mol. The molecule has 4 heteroatoms. The van der Waals surface area contributed by atoms with E-state index in [2.05, 4.69) is 46.0 Å². The molecular weight excluding hydrogens is 312 g/mol. The molecule has 0 radical (unpaired) electrons. The largest absolute Gasteiger partial charge is 0.336 e. The van der Waals surface area contributed by atoms with Gasteiger partial charge in [0.2, 0.25) is 11.8 Å². The number of amides is 2. The molecule has 1 aromatic carbocycles. The highest BCUT2D eigenvalue weighted by Gasteiger charge is 2.61. The third kappa shape index (κ3) is 4.30. The Bertz CT molecular complexity index is 687. The van der Waals surface area contributed by atoms with Crippen molar-refractivity contribution in [3.8, 4) is 0 Å². The number of carbonyl (C=O) groups is 2. The van der Waals surface area contributed by atoms with E-state index >= 15 is 0 Å². The van der Waals surface area contributed by atoms with Crippen molar-refractivity contribution < 1.29 is 9.59 Å². The molecule has 1 aliphatic carbocycles. The lowest BCUT2D eigenvalue weighted by Gasteiger charge is -2.18. The molecule has 1 aromatic rings. The van der Waals surface area contributed by atoms with Crippen LogP contribution >= 0.6 is 0 Å². The van der Waals surface area contributed by atoms with Crippen LogP contribution in [0.1, 0.15) is 40.2 Å². The summed E-state index contributed by atoms with van der Waals surface area (Å²) in [6.07, 6.45) is 3.03. The minimum absolute atomic E-state index is 0.0338. The molecule has 1 saturated carbocycles. The SMILES string of the molecule is CCc1ccccc1NC(=O)CN(C)C(=O)C1C(C=C(C)C)C1(C)C. The number of anilines is 1. The molecular formula is C21H30N2O2. The van der Waals surface area contributed by atoms with E-state index in [1.165, 1.54) is 5.57 Å². The Labute approximate surface area is 151 Å². The van der Waals surface area contributed by atoms with Crippen LogP contribution in [-0.2, 0) is 16.0 Å². The number of likely N-dealkylation sites (N-methyl/N-ethyl adjacent to an activating group) is 1. The van der Waals surface area contributed by atoms with Crippen molar-refractivity contribution in [2.24, 2.45) is 17.3 Å². The quantitative estimate of drug-likeness (QED) is 0.798. The van der Waals surface area contributed by atoms with E-state index in [9.17, 15) is 9.59 Å². The van der Waals surface area contributed by atoms with Gasteiger partial charge >= 0.3 is 0 Å². The summed E-state index contributed by atoms with van der Waals surface area (Å²) >= 11 is 0. The lowest BCUT2D eigenvalue weighted by Crippen LogP contribution is -2.36. The summed E-state index contributed by atoms with van der Waals surface area (Å²) in [5.41, 5.74) is 3.11. The van der Waals surface area contributed by atoms with Crippen LogP contribution in [0.15, 0.2) is 35.9 Å². The molecule has 2 unspecified atom stereocenters. The highest BCUT2D eigenvalue weighted by Crippen LogP contribution is 2.59. The zero-order chi connectivity index (χ0) is 18.8. The lowest BCUT2D eigenvalue weighted by molar-refractivity contribution is -0.135. The van der Waals surface area contributed by atoms with Crippen molar-refractivity contribution in [1.82, 2.24) is 4.90 Å². The Kier molecular flexibility index (Phi) is 5.71. The van der Waals surface area contributed by atoms with Gasteiger partial charge in [0.15, 0.2) is 0 Å². The van der Waals surface area contributed by atoms with Crippen molar-refractivity contribution in [2.45, 2.75) is 41.0 Å². The molecule has 2 amide bonds. The van der Waals surface area contributed by atoms with Gasteiger partial charge in [0.25, 0.3) is 0 Å². The van der Waals surface area contributed by atoms with Crippen molar-refractivity contribution in [1.29, 1.82) is 0 Å². The summed E-state index contributed by atoms with van der Waals surface area (Å²) in [5.74, 6) is 0.111. The number of aryl methyl sites for hydroxylation is 1.